The molecule has 0 spiro atoms. The Hall–Kier alpha value is -1.85. The SMILES string of the molecule is Cc1c(O)ccc2c(CN3C[C@H](C)OC[C@H]3C)cc(=O)oc12. The number of morpholine rings is 1. The normalized spacial score (nSPS) is 23.0. The summed E-state index contributed by atoms with van der Waals surface area (Å²) in [6.45, 7) is 8.13. The first-order chi connectivity index (χ1) is 10.5. The average molecular weight is 303 g/mol. The number of fused-ring (bicyclic) bond motifs is 1. The van der Waals surface area contributed by atoms with E-state index in [9.17, 15) is 9.90 Å². The third-order valence-electron chi connectivity index (χ3n) is 4.33. The number of nitrogens with zero attached hydrogens (tertiary/aromatic N) is 1. The molecular weight excluding hydrogens is 282 g/mol. The third kappa shape index (κ3) is 2.74. The molecule has 1 N–H and O–H groups in total. The lowest BCUT2D eigenvalue weighted by Gasteiger charge is -2.36. The van der Waals surface area contributed by atoms with Crippen LogP contribution in [0.4, 0.5) is 0 Å². The van der Waals surface area contributed by atoms with Crippen LogP contribution in [0.3, 0.4) is 0 Å². The largest absolute Gasteiger partial charge is 0.508 e. The van der Waals surface area contributed by atoms with Crippen LogP contribution < -0.4 is 5.63 Å². The highest BCUT2D eigenvalue weighted by molar-refractivity contribution is 5.84. The quantitative estimate of drug-likeness (QED) is 0.863. The highest BCUT2D eigenvalue weighted by atomic mass is 16.5. The highest BCUT2D eigenvalue weighted by Crippen LogP contribution is 2.28. The zero-order valence-electron chi connectivity index (χ0n) is 13.1. The van der Waals surface area contributed by atoms with Crippen molar-refractivity contribution in [3.63, 3.8) is 0 Å². The second-order valence-electron chi connectivity index (χ2n) is 6.10. The maximum Gasteiger partial charge on any atom is 0.336 e. The first-order valence-electron chi connectivity index (χ1n) is 7.56. The van der Waals surface area contributed by atoms with Crippen molar-refractivity contribution in [1.29, 1.82) is 0 Å². The van der Waals surface area contributed by atoms with Gasteiger partial charge in [-0.2, -0.15) is 0 Å². The minimum Gasteiger partial charge on any atom is -0.508 e. The van der Waals surface area contributed by atoms with Gasteiger partial charge >= 0.3 is 5.63 Å². The molecule has 1 aliphatic rings. The molecule has 0 unspecified atom stereocenters. The Bertz CT molecular complexity index is 752. The Morgan fingerprint density at radius 1 is 1.36 bits per heavy atom. The lowest BCUT2D eigenvalue weighted by molar-refractivity contribution is -0.0525. The molecule has 1 aromatic heterocycles. The lowest BCUT2D eigenvalue weighted by Crippen LogP contribution is -2.46. The first kappa shape index (κ1) is 15.1. The molecule has 1 fully saturated rings. The molecule has 3 rings (SSSR count). The van der Waals surface area contributed by atoms with E-state index >= 15 is 0 Å². The number of benzene rings is 1. The van der Waals surface area contributed by atoms with Gasteiger partial charge in [-0.25, -0.2) is 4.79 Å². The molecule has 2 aromatic rings. The predicted molar refractivity (Wildman–Crippen MR) is 84.2 cm³/mol. The van der Waals surface area contributed by atoms with Gasteiger partial charge in [0.1, 0.15) is 11.3 Å². The van der Waals surface area contributed by atoms with Crippen LogP contribution in [0.25, 0.3) is 11.0 Å². The minimum absolute atomic E-state index is 0.140. The van der Waals surface area contributed by atoms with Crippen LogP contribution >= 0.6 is 0 Å². The number of aromatic hydroxyl groups is 1. The predicted octanol–water partition coefficient (Wildman–Crippen LogP) is 2.42. The van der Waals surface area contributed by atoms with E-state index in [0.29, 0.717) is 30.3 Å². The Balaban J connectivity index is 2.03. The van der Waals surface area contributed by atoms with Crippen molar-refractivity contribution >= 4 is 11.0 Å². The molecule has 2 atom stereocenters. The van der Waals surface area contributed by atoms with Gasteiger partial charge in [-0.15, -0.1) is 0 Å². The average Bonchev–Trinajstić information content (AvgIpc) is 2.47. The van der Waals surface area contributed by atoms with Gasteiger partial charge in [-0.05, 0) is 38.5 Å². The molecule has 0 aliphatic carbocycles. The van der Waals surface area contributed by atoms with Crippen molar-refractivity contribution < 1.29 is 14.3 Å². The second-order valence-corrected chi connectivity index (χ2v) is 6.10. The summed E-state index contributed by atoms with van der Waals surface area (Å²) < 4.78 is 10.9. The zero-order valence-corrected chi connectivity index (χ0v) is 13.1. The summed E-state index contributed by atoms with van der Waals surface area (Å²) in [6.07, 6.45) is 0.188. The van der Waals surface area contributed by atoms with Crippen molar-refractivity contribution in [3.05, 3.63) is 39.7 Å². The zero-order chi connectivity index (χ0) is 15.9. The van der Waals surface area contributed by atoms with Gasteiger partial charge in [0.25, 0.3) is 0 Å². The standard InChI is InChI=1S/C17H21NO4/c1-10-9-21-11(2)7-18(10)8-13-6-16(20)22-17-12(3)15(19)5-4-14(13)17/h4-6,10-11,19H,7-9H2,1-3H3/t10-,11+/m1/s1. The van der Waals surface area contributed by atoms with E-state index in [1.807, 2.05) is 6.07 Å². The molecule has 0 amide bonds. The number of hydrogen-bond acceptors (Lipinski definition) is 5. The smallest absolute Gasteiger partial charge is 0.336 e. The van der Waals surface area contributed by atoms with Gasteiger partial charge in [0.2, 0.25) is 0 Å². The van der Waals surface area contributed by atoms with Gasteiger partial charge in [-0.3, -0.25) is 4.90 Å². The summed E-state index contributed by atoms with van der Waals surface area (Å²) in [4.78, 5) is 14.2. The summed E-state index contributed by atoms with van der Waals surface area (Å²) in [7, 11) is 0. The van der Waals surface area contributed by atoms with Crippen molar-refractivity contribution in [1.82, 2.24) is 4.90 Å². The number of hydrogen-bond donors (Lipinski definition) is 1. The van der Waals surface area contributed by atoms with Crippen LogP contribution in [-0.4, -0.2) is 35.3 Å². The fraction of sp³-hybridized carbons (Fsp3) is 0.471. The number of phenols is 1. The van der Waals surface area contributed by atoms with E-state index in [1.54, 1.807) is 19.1 Å². The monoisotopic (exact) mass is 303 g/mol. The van der Waals surface area contributed by atoms with E-state index < -0.39 is 0 Å². The third-order valence-corrected chi connectivity index (χ3v) is 4.33. The molecule has 0 saturated carbocycles. The van der Waals surface area contributed by atoms with Crippen LogP contribution in [0.5, 0.6) is 5.75 Å². The summed E-state index contributed by atoms with van der Waals surface area (Å²) in [6, 6.07) is 5.31. The van der Waals surface area contributed by atoms with Gasteiger partial charge in [0.05, 0.1) is 12.7 Å². The van der Waals surface area contributed by atoms with Gasteiger partial charge in [-0.1, -0.05) is 0 Å². The topological polar surface area (TPSA) is 62.9 Å². The molecule has 5 heteroatoms. The van der Waals surface area contributed by atoms with Gasteiger partial charge < -0.3 is 14.3 Å². The molecule has 1 aromatic carbocycles. The summed E-state index contributed by atoms with van der Waals surface area (Å²) in [5, 5.41) is 10.7. The van der Waals surface area contributed by atoms with E-state index in [-0.39, 0.29) is 17.5 Å². The lowest BCUT2D eigenvalue weighted by atomic mass is 10.0. The highest BCUT2D eigenvalue weighted by Gasteiger charge is 2.24. The van der Waals surface area contributed by atoms with Crippen LogP contribution in [0.2, 0.25) is 0 Å². The molecular formula is C17H21NO4. The minimum atomic E-state index is -0.384. The van der Waals surface area contributed by atoms with Crippen LogP contribution in [0.1, 0.15) is 25.0 Å². The van der Waals surface area contributed by atoms with E-state index in [4.69, 9.17) is 9.15 Å². The summed E-state index contributed by atoms with van der Waals surface area (Å²) in [5.41, 5.74) is 1.61. The van der Waals surface area contributed by atoms with Gasteiger partial charge in [0, 0.05) is 36.1 Å². The number of ether oxygens (including phenoxy) is 1. The number of aryl methyl sites for hydroxylation is 1. The first-order valence-corrected chi connectivity index (χ1v) is 7.56. The number of rotatable bonds is 2. The van der Waals surface area contributed by atoms with Crippen molar-refractivity contribution in [3.8, 4) is 5.75 Å². The van der Waals surface area contributed by atoms with Gasteiger partial charge in [0.15, 0.2) is 0 Å². The fourth-order valence-electron chi connectivity index (χ4n) is 2.96. The fourth-order valence-corrected chi connectivity index (χ4v) is 2.96. The Morgan fingerprint density at radius 2 is 2.14 bits per heavy atom. The van der Waals surface area contributed by atoms with Crippen molar-refractivity contribution in [2.75, 3.05) is 13.2 Å². The molecule has 5 nitrogen and oxygen atoms in total. The van der Waals surface area contributed by atoms with E-state index in [1.165, 1.54) is 0 Å². The second kappa shape index (κ2) is 5.74. The molecule has 22 heavy (non-hydrogen) atoms. The molecule has 118 valence electrons. The molecule has 2 heterocycles. The molecule has 1 aliphatic heterocycles. The molecule has 0 radical (unpaired) electrons. The van der Waals surface area contributed by atoms with Crippen molar-refractivity contribution in [2.45, 2.75) is 39.5 Å². The Labute approximate surface area is 129 Å². The molecule has 0 bridgehead atoms. The van der Waals surface area contributed by atoms with E-state index in [2.05, 4.69) is 18.7 Å². The summed E-state index contributed by atoms with van der Waals surface area (Å²) >= 11 is 0. The Kier molecular flexibility index (Phi) is 3.93. The number of phenolic OH excluding ortho intramolecular Hbond substituents is 1. The van der Waals surface area contributed by atoms with E-state index in [0.717, 1.165) is 17.5 Å². The van der Waals surface area contributed by atoms with Crippen LogP contribution in [0, 0.1) is 6.92 Å². The Morgan fingerprint density at radius 3 is 2.91 bits per heavy atom. The van der Waals surface area contributed by atoms with Crippen molar-refractivity contribution in [2.24, 2.45) is 0 Å². The molecule has 1 saturated heterocycles. The van der Waals surface area contributed by atoms with Crippen LogP contribution in [0.15, 0.2) is 27.4 Å². The maximum atomic E-state index is 11.9. The maximum absolute atomic E-state index is 11.9. The summed E-state index contributed by atoms with van der Waals surface area (Å²) in [5.74, 6) is 0.140. The van der Waals surface area contributed by atoms with Crippen LogP contribution in [-0.2, 0) is 11.3 Å².